The lowest BCUT2D eigenvalue weighted by molar-refractivity contribution is 0.0755. The van der Waals surface area contributed by atoms with E-state index in [4.69, 9.17) is 0 Å². The molecule has 0 bridgehead atoms. The molecule has 6 aliphatic carbocycles. The van der Waals surface area contributed by atoms with Gasteiger partial charge in [0.15, 0.2) is 0 Å². The van der Waals surface area contributed by atoms with Crippen molar-refractivity contribution in [2.24, 2.45) is 35.5 Å². The second-order valence-corrected chi connectivity index (χ2v) is 9.26. The fourth-order valence-corrected chi connectivity index (χ4v) is 8.61. The van der Waals surface area contributed by atoms with E-state index in [1.165, 1.54) is 12.8 Å². The molecule has 1 aromatic rings. The Kier molecular flexibility index (Phi) is 1.69. The van der Waals surface area contributed by atoms with Crippen molar-refractivity contribution in [1.82, 2.24) is 0 Å². The molecule has 108 valence electrons. The molecule has 7 rings (SSSR count). The van der Waals surface area contributed by atoms with Gasteiger partial charge in [0.1, 0.15) is 0 Å². The van der Waals surface area contributed by atoms with E-state index in [2.05, 4.69) is 12.1 Å². The van der Waals surface area contributed by atoms with Crippen LogP contribution in [0.25, 0.3) is 0 Å². The van der Waals surface area contributed by atoms with Gasteiger partial charge in [0.2, 0.25) is 0 Å². The summed E-state index contributed by atoms with van der Waals surface area (Å²) < 4.78 is 0. The van der Waals surface area contributed by atoms with E-state index in [0.717, 1.165) is 47.3 Å². The molecule has 3 saturated carbocycles. The van der Waals surface area contributed by atoms with Gasteiger partial charge < -0.3 is 0 Å². The predicted molar refractivity (Wildman–Crippen MR) is 83.4 cm³/mol. The lowest BCUT2D eigenvalue weighted by Gasteiger charge is -2.49. The van der Waals surface area contributed by atoms with Crippen molar-refractivity contribution in [1.29, 1.82) is 0 Å². The van der Waals surface area contributed by atoms with Gasteiger partial charge in [0.05, 0.1) is 0 Å². The topological polar surface area (TPSA) is 0 Å². The highest BCUT2D eigenvalue weighted by Gasteiger charge is 2.62. The fourth-order valence-electron chi connectivity index (χ4n) is 8.61. The standard InChI is InChI=1S/C21H24/c1-2-11-8-13-5-6-15-9-14-4-3-12-7-10(1)16-17(11)19(13)21(15)20(14)18(12)16/h1-2,12-15,18-21H,3-9H2. The van der Waals surface area contributed by atoms with E-state index in [-0.39, 0.29) is 0 Å². The smallest absolute Gasteiger partial charge is 0.00908 e. The number of hydrogen-bond acceptors (Lipinski definition) is 0. The van der Waals surface area contributed by atoms with Gasteiger partial charge in [0.25, 0.3) is 0 Å². The average Bonchev–Trinajstić information content (AvgIpc) is 3.14. The lowest BCUT2D eigenvalue weighted by atomic mass is 9.55. The van der Waals surface area contributed by atoms with Gasteiger partial charge in [-0.25, -0.2) is 0 Å². The molecule has 0 aliphatic heterocycles. The molecule has 0 radical (unpaired) electrons. The summed E-state index contributed by atoms with van der Waals surface area (Å²) in [6.45, 7) is 0. The van der Waals surface area contributed by atoms with Crippen LogP contribution in [-0.4, -0.2) is 0 Å². The first kappa shape index (κ1) is 10.9. The highest BCUT2D eigenvalue weighted by Crippen LogP contribution is 2.72. The molecule has 0 heteroatoms. The average molecular weight is 276 g/mol. The second-order valence-electron chi connectivity index (χ2n) is 9.26. The summed E-state index contributed by atoms with van der Waals surface area (Å²) >= 11 is 0. The summed E-state index contributed by atoms with van der Waals surface area (Å²) in [5, 5.41) is 0. The zero-order valence-electron chi connectivity index (χ0n) is 12.7. The minimum atomic E-state index is 1.01. The Morgan fingerprint density at radius 3 is 1.62 bits per heavy atom. The van der Waals surface area contributed by atoms with Crippen molar-refractivity contribution in [2.45, 2.75) is 56.8 Å². The molecular formula is C21H24. The quantitative estimate of drug-likeness (QED) is 0.646. The second kappa shape index (κ2) is 3.26. The highest BCUT2D eigenvalue weighted by atomic mass is 14.7. The van der Waals surface area contributed by atoms with Crippen molar-refractivity contribution in [2.75, 3.05) is 0 Å². The lowest BCUT2D eigenvalue weighted by Crippen LogP contribution is -2.41. The maximum absolute atomic E-state index is 2.55. The largest absolute Gasteiger partial charge is 0.0585 e. The molecule has 0 nitrogen and oxygen atoms in total. The van der Waals surface area contributed by atoms with Gasteiger partial charge in [-0.2, -0.15) is 0 Å². The van der Waals surface area contributed by atoms with Gasteiger partial charge >= 0.3 is 0 Å². The molecule has 21 heavy (non-hydrogen) atoms. The van der Waals surface area contributed by atoms with E-state index in [0.29, 0.717) is 0 Å². The summed E-state index contributed by atoms with van der Waals surface area (Å²) in [5.74, 6) is 8.55. The van der Waals surface area contributed by atoms with Crippen LogP contribution in [0.5, 0.6) is 0 Å². The first-order valence-corrected chi connectivity index (χ1v) is 9.54. The Bertz CT molecular complexity index is 614. The van der Waals surface area contributed by atoms with Gasteiger partial charge in [-0.3, -0.25) is 0 Å². The molecule has 0 heterocycles. The van der Waals surface area contributed by atoms with Crippen molar-refractivity contribution in [3.8, 4) is 0 Å². The van der Waals surface area contributed by atoms with Gasteiger partial charge in [-0.15, -0.1) is 0 Å². The molecule has 0 spiro atoms. The Hall–Kier alpha value is -0.780. The van der Waals surface area contributed by atoms with E-state index in [1.807, 2.05) is 11.1 Å². The van der Waals surface area contributed by atoms with Crippen LogP contribution in [0.2, 0.25) is 0 Å². The SMILES string of the molecule is c1cc2c3c4c1CC1CCC5CC6CCC(C2)C3C6C5C41. The Morgan fingerprint density at radius 2 is 1.10 bits per heavy atom. The van der Waals surface area contributed by atoms with E-state index < -0.39 is 0 Å². The van der Waals surface area contributed by atoms with Crippen LogP contribution in [0, 0.1) is 35.5 Å². The first-order chi connectivity index (χ1) is 10.4. The number of hydrogen-bond donors (Lipinski definition) is 0. The van der Waals surface area contributed by atoms with Gasteiger partial charge in [0, 0.05) is 0 Å². The van der Waals surface area contributed by atoms with Crippen molar-refractivity contribution < 1.29 is 0 Å². The Morgan fingerprint density at radius 1 is 0.619 bits per heavy atom. The molecule has 0 N–H and O–H groups in total. The molecule has 0 amide bonds. The molecule has 1 aromatic carbocycles. The summed E-state index contributed by atoms with van der Waals surface area (Å²) in [4.78, 5) is 0. The van der Waals surface area contributed by atoms with E-state index in [9.17, 15) is 0 Å². The highest BCUT2D eigenvalue weighted by molar-refractivity contribution is 5.55. The summed E-state index contributed by atoms with van der Waals surface area (Å²) in [6.07, 6.45) is 10.7. The third-order valence-corrected chi connectivity index (χ3v) is 8.90. The van der Waals surface area contributed by atoms with E-state index >= 15 is 0 Å². The van der Waals surface area contributed by atoms with Crippen LogP contribution in [0.15, 0.2) is 12.1 Å². The van der Waals surface area contributed by atoms with Crippen molar-refractivity contribution >= 4 is 0 Å². The molecule has 0 aromatic heterocycles. The third kappa shape index (κ3) is 1.03. The molecule has 8 unspecified atom stereocenters. The first-order valence-electron chi connectivity index (χ1n) is 9.54. The number of benzene rings is 1. The predicted octanol–water partition coefficient (Wildman–Crippen LogP) is 4.67. The van der Waals surface area contributed by atoms with Crippen molar-refractivity contribution in [3.63, 3.8) is 0 Å². The minimum Gasteiger partial charge on any atom is -0.0585 e. The maximum atomic E-state index is 2.55. The summed E-state index contributed by atoms with van der Waals surface area (Å²) in [7, 11) is 0. The van der Waals surface area contributed by atoms with Gasteiger partial charge in [-0.1, -0.05) is 12.1 Å². The van der Waals surface area contributed by atoms with Crippen LogP contribution in [-0.2, 0) is 12.8 Å². The van der Waals surface area contributed by atoms with Crippen LogP contribution in [0.3, 0.4) is 0 Å². The normalized spacial score (nSPS) is 53.3. The summed E-state index contributed by atoms with van der Waals surface area (Å²) in [5.41, 5.74) is 7.46. The number of rotatable bonds is 0. The Labute approximate surface area is 127 Å². The molecule has 8 atom stereocenters. The molecule has 6 aliphatic rings. The zero-order chi connectivity index (χ0) is 13.3. The van der Waals surface area contributed by atoms with Gasteiger partial charge in [-0.05, 0) is 115 Å². The third-order valence-electron chi connectivity index (χ3n) is 8.90. The monoisotopic (exact) mass is 276 g/mol. The summed E-state index contributed by atoms with van der Waals surface area (Å²) in [6, 6.07) is 5.09. The van der Waals surface area contributed by atoms with Crippen molar-refractivity contribution in [3.05, 3.63) is 34.4 Å². The molecule has 3 fully saturated rings. The van der Waals surface area contributed by atoms with Crippen LogP contribution in [0.1, 0.15) is 66.2 Å². The minimum absolute atomic E-state index is 1.01. The molecular weight excluding hydrogens is 252 g/mol. The maximum Gasteiger partial charge on any atom is -0.00908 e. The molecule has 0 saturated heterocycles. The van der Waals surface area contributed by atoms with E-state index in [1.54, 1.807) is 43.2 Å². The zero-order valence-corrected chi connectivity index (χ0v) is 12.7. The fraction of sp³-hybridized carbons (Fsp3) is 0.714. The van der Waals surface area contributed by atoms with Crippen LogP contribution >= 0.6 is 0 Å². The van der Waals surface area contributed by atoms with Crippen LogP contribution < -0.4 is 0 Å². The Balaban J connectivity index is 1.59. The van der Waals surface area contributed by atoms with Crippen LogP contribution in [0.4, 0.5) is 0 Å².